The maximum Gasteiger partial charge on any atom is 0.140 e. The molecule has 1 radical (unpaired) electrons. The molecular weight excluding hydrogens is 210 g/mol. The fourth-order valence-corrected chi connectivity index (χ4v) is 2.55. The molecule has 3 nitrogen and oxygen atoms in total. The van der Waals surface area contributed by atoms with Gasteiger partial charge in [-0.05, 0) is 30.4 Å². The van der Waals surface area contributed by atoms with Crippen molar-refractivity contribution in [2.24, 2.45) is 13.0 Å². The molecule has 2 aromatic rings. The van der Waals surface area contributed by atoms with Gasteiger partial charge in [0.1, 0.15) is 12.2 Å². The summed E-state index contributed by atoms with van der Waals surface area (Å²) in [7, 11) is 2.02. The van der Waals surface area contributed by atoms with Crippen molar-refractivity contribution in [3.8, 4) is 0 Å². The van der Waals surface area contributed by atoms with E-state index in [0.29, 0.717) is 11.8 Å². The highest BCUT2D eigenvalue weighted by Gasteiger charge is 2.32. The summed E-state index contributed by atoms with van der Waals surface area (Å²) < 4.78 is 2.03. The van der Waals surface area contributed by atoms with Crippen LogP contribution in [0.5, 0.6) is 0 Å². The molecule has 3 heteroatoms. The van der Waals surface area contributed by atoms with Gasteiger partial charge in [0.2, 0.25) is 0 Å². The predicted octanol–water partition coefficient (Wildman–Crippen LogP) is 2.55. The maximum absolute atomic E-state index is 4.29. The van der Waals surface area contributed by atoms with E-state index < -0.39 is 0 Å². The molecule has 1 atom stereocenters. The largest absolute Gasteiger partial charge is 0.320 e. The second-order valence-corrected chi connectivity index (χ2v) is 4.79. The summed E-state index contributed by atoms with van der Waals surface area (Å²) in [5.74, 6) is 2.13. The van der Waals surface area contributed by atoms with Crippen LogP contribution in [0.3, 0.4) is 0 Å². The van der Waals surface area contributed by atoms with Crippen molar-refractivity contribution in [1.82, 2.24) is 14.8 Å². The fraction of sp³-hybridized carbons (Fsp3) is 0.429. The van der Waals surface area contributed by atoms with E-state index in [1.165, 1.54) is 24.8 Å². The molecule has 1 aromatic heterocycles. The van der Waals surface area contributed by atoms with E-state index in [2.05, 4.69) is 28.4 Å². The topological polar surface area (TPSA) is 30.7 Å². The smallest absolute Gasteiger partial charge is 0.140 e. The summed E-state index contributed by atoms with van der Waals surface area (Å²) >= 11 is 0. The Morgan fingerprint density at radius 2 is 2.29 bits per heavy atom. The van der Waals surface area contributed by atoms with Gasteiger partial charge in [-0.1, -0.05) is 30.7 Å². The number of aromatic nitrogens is 3. The molecule has 0 amide bonds. The lowest BCUT2D eigenvalue weighted by Crippen LogP contribution is -2.23. The first kappa shape index (κ1) is 10.5. The number of nitrogens with zero attached hydrogens (tertiary/aromatic N) is 3. The molecule has 0 aliphatic heterocycles. The van der Waals surface area contributed by atoms with Gasteiger partial charge in [0, 0.05) is 13.0 Å². The highest BCUT2D eigenvalue weighted by Crippen LogP contribution is 2.42. The summed E-state index contributed by atoms with van der Waals surface area (Å²) in [4.78, 5) is 0. The molecule has 0 unspecified atom stereocenters. The van der Waals surface area contributed by atoms with Gasteiger partial charge < -0.3 is 4.57 Å². The molecule has 3 rings (SSSR count). The highest BCUT2D eigenvalue weighted by molar-refractivity contribution is 5.26. The zero-order valence-electron chi connectivity index (χ0n) is 10.0. The first-order chi connectivity index (χ1) is 8.36. The van der Waals surface area contributed by atoms with Crippen LogP contribution in [0.25, 0.3) is 0 Å². The number of benzene rings is 1. The van der Waals surface area contributed by atoms with E-state index in [-0.39, 0.29) is 0 Å². The van der Waals surface area contributed by atoms with Crippen LogP contribution in [-0.2, 0) is 7.05 Å². The van der Waals surface area contributed by atoms with Crippen molar-refractivity contribution in [2.45, 2.75) is 25.2 Å². The average molecular weight is 226 g/mol. The molecule has 1 aliphatic rings. The van der Waals surface area contributed by atoms with Crippen LogP contribution in [0.15, 0.2) is 30.6 Å². The van der Waals surface area contributed by atoms with Gasteiger partial charge in [-0.15, -0.1) is 10.2 Å². The molecule has 0 spiro atoms. The molecule has 1 aromatic carbocycles. The lowest BCUT2D eigenvalue weighted by molar-refractivity contribution is 0.274. The minimum Gasteiger partial charge on any atom is -0.320 e. The van der Waals surface area contributed by atoms with Crippen LogP contribution in [0.2, 0.25) is 0 Å². The molecule has 1 fully saturated rings. The van der Waals surface area contributed by atoms with Crippen molar-refractivity contribution in [3.05, 3.63) is 48.0 Å². The second-order valence-electron chi connectivity index (χ2n) is 4.79. The van der Waals surface area contributed by atoms with Gasteiger partial charge in [-0.3, -0.25) is 0 Å². The molecule has 0 N–H and O–H groups in total. The van der Waals surface area contributed by atoms with Gasteiger partial charge in [-0.2, -0.15) is 0 Å². The zero-order valence-corrected chi connectivity index (χ0v) is 10.0. The summed E-state index contributed by atoms with van der Waals surface area (Å²) in [6.45, 7) is 0. The summed E-state index contributed by atoms with van der Waals surface area (Å²) in [6.07, 6.45) is 5.70. The Morgan fingerprint density at radius 3 is 2.82 bits per heavy atom. The van der Waals surface area contributed by atoms with Gasteiger partial charge in [0.15, 0.2) is 0 Å². The SMILES string of the molecule is Cn1cnnc1[C@H](c1[c]cccc1)C1CCC1. The van der Waals surface area contributed by atoms with E-state index in [4.69, 9.17) is 0 Å². The van der Waals surface area contributed by atoms with Crippen LogP contribution in [0, 0.1) is 12.0 Å². The van der Waals surface area contributed by atoms with Crippen LogP contribution < -0.4 is 0 Å². The molecule has 1 saturated carbocycles. The Morgan fingerprint density at radius 1 is 1.41 bits per heavy atom. The van der Waals surface area contributed by atoms with E-state index in [1.807, 2.05) is 23.7 Å². The lowest BCUT2D eigenvalue weighted by Gasteiger charge is -2.33. The van der Waals surface area contributed by atoms with Crippen molar-refractivity contribution in [3.63, 3.8) is 0 Å². The minimum atomic E-state index is 0.359. The fourth-order valence-electron chi connectivity index (χ4n) is 2.55. The summed E-state index contributed by atoms with van der Waals surface area (Å²) in [5, 5.41) is 8.30. The maximum atomic E-state index is 4.29. The van der Waals surface area contributed by atoms with E-state index in [0.717, 1.165) is 5.82 Å². The molecule has 17 heavy (non-hydrogen) atoms. The molecule has 0 saturated heterocycles. The van der Waals surface area contributed by atoms with E-state index >= 15 is 0 Å². The standard InChI is InChI=1S/C14H16N3/c1-17-10-15-16-14(17)13(12-8-5-9-12)11-6-3-2-4-7-11/h2-4,6,10,12-13H,5,8-9H2,1H3/t13-/m1/s1. The van der Waals surface area contributed by atoms with Crippen molar-refractivity contribution < 1.29 is 0 Å². The van der Waals surface area contributed by atoms with E-state index in [1.54, 1.807) is 6.33 Å². The van der Waals surface area contributed by atoms with Crippen molar-refractivity contribution >= 4 is 0 Å². The number of hydrogen-bond acceptors (Lipinski definition) is 2. The minimum absolute atomic E-state index is 0.359. The number of aryl methyl sites for hydroxylation is 1. The van der Waals surface area contributed by atoms with Crippen molar-refractivity contribution in [2.75, 3.05) is 0 Å². The lowest BCUT2D eigenvalue weighted by atomic mass is 9.72. The van der Waals surface area contributed by atoms with Crippen LogP contribution in [0.1, 0.15) is 36.6 Å². The van der Waals surface area contributed by atoms with Gasteiger partial charge in [0.25, 0.3) is 0 Å². The van der Waals surface area contributed by atoms with Crippen molar-refractivity contribution in [1.29, 1.82) is 0 Å². The monoisotopic (exact) mass is 226 g/mol. The zero-order chi connectivity index (χ0) is 11.7. The highest BCUT2D eigenvalue weighted by atomic mass is 15.2. The van der Waals surface area contributed by atoms with Crippen LogP contribution in [0.4, 0.5) is 0 Å². The Bertz CT molecular complexity index is 485. The van der Waals surface area contributed by atoms with E-state index in [9.17, 15) is 0 Å². The summed E-state index contributed by atoms with van der Waals surface area (Å²) in [6, 6.07) is 11.6. The molecule has 0 bridgehead atoms. The van der Waals surface area contributed by atoms with Crippen LogP contribution >= 0.6 is 0 Å². The summed E-state index contributed by atoms with van der Waals surface area (Å²) in [5.41, 5.74) is 1.24. The van der Waals surface area contributed by atoms with Gasteiger partial charge >= 0.3 is 0 Å². The Labute approximate surface area is 101 Å². The number of rotatable bonds is 3. The quantitative estimate of drug-likeness (QED) is 0.805. The first-order valence-electron chi connectivity index (χ1n) is 6.17. The average Bonchev–Trinajstić information content (AvgIpc) is 2.71. The van der Waals surface area contributed by atoms with Gasteiger partial charge in [-0.25, -0.2) is 0 Å². The third-order valence-corrected chi connectivity index (χ3v) is 3.71. The van der Waals surface area contributed by atoms with Crippen LogP contribution in [-0.4, -0.2) is 14.8 Å². The van der Waals surface area contributed by atoms with Gasteiger partial charge in [0.05, 0.1) is 0 Å². The third kappa shape index (κ3) is 1.86. The molecule has 1 aliphatic carbocycles. The second kappa shape index (κ2) is 4.32. The first-order valence-corrected chi connectivity index (χ1v) is 6.17. The third-order valence-electron chi connectivity index (χ3n) is 3.71. The molecule has 1 heterocycles. The Balaban J connectivity index is 2.01. The normalized spacial score (nSPS) is 17.7. The Hall–Kier alpha value is -1.64. The Kier molecular flexibility index (Phi) is 2.67. The molecule has 87 valence electrons. The number of hydrogen-bond donors (Lipinski definition) is 0. The molecular formula is C14H16N3. The predicted molar refractivity (Wildman–Crippen MR) is 65.5 cm³/mol.